The van der Waals surface area contributed by atoms with Crippen molar-refractivity contribution < 1.29 is 19.6 Å². The van der Waals surface area contributed by atoms with Crippen LogP contribution in [0.25, 0.3) is 0 Å². The van der Waals surface area contributed by atoms with E-state index < -0.39 is 22.5 Å². The minimum absolute atomic E-state index is 0.0226. The Balaban J connectivity index is 1.82. The highest BCUT2D eigenvalue weighted by molar-refractivity contribution is 5.98. The predicted octanol–water partition coefficient (Wildman–Crippen LogP) is 2.21. The quantitative estimate of drug-likeness (QED) is 0.654. The molecule has 1 aromatic rings. The summed E-state index contributed by atoms with van der Waals surface area (Å²) in [6.07, 6.45) is 4.37. The van der Waals surface area contributed by atoms with Crippen LogP contribution >= 0.6 is 0 Å². The third-order valence-corrected chi connectivity index (χ3v) is 4.69. The summed E-state index contributed by atoms with van der Waals surface area (Å²) >= 11 is 0. The number of hydrogen-bond acceptors (Lipinski definition) is 4. The highest BCUT2D eigenvalue weighted by Crippen LogP contribution is 2.44. The number of hydrogen-bond donors (Lipinski definition) is 2. The number of nitro benzene ring substituents is 1. The van der Waals surface area contributed by atoms with Gasteiger partial charge in [0.25, 0.3) is 11.6 Å². The number of carbonyl (C=O) groups excluding carboxylic acids is 1. The molecule has 0 radical (unpaired) electrons. The lowest BCUT2D eigenvalue weighted by atomic mass is 9.95. The SMILES string of the molecule is O=C(O)c1cc(C(=O)NC2CC3CCC2C3)cc([N+](=O)[O-])c1. The summed E-state index contributed by atoms with van der Waals surface area (Å²) in [5.74, 6) is -0.594. The number of rotatable bonds is 4. The van der Waals surface area contributed by atoms with Crippen LogP contribution in [0.5, 0.6) is 0 Å². The van der Waals surface area contributed by atoms with Gasteiger partial charge in [-0.2, -0.15) is 0 Å². The van der Waals surface area contributed by atoms with Crippen LogP contribution in [-0.2, 0) is 0 Å². The van der Waals surface area contributed by atoms with Crippen molar-refractivity contribution in [3.05, 3.63) is 39.4 Å². The van der Waals surface area contributed by atoms with E-state index in [1.165, 1.54) is 12.5 Å². The van der Waals surface area contributed by atoms with E-state index in [0.717, 1.165) is 31.4 Å². The summed E-state index contributed by atoms with van der Waals surface area (Å²) in [7, 11) is 0. The maximum atomic E-state index is 12.3. The van der Waals surface area contributed by atoms with Crippen LogP contribution in [0, 0.1) is 22.0 Å². The van der Waals surface area contributed by atoms with Crippen LogP contribution in [0.4, 0.5) is 5.69 Å². The fourth-order valence-corrected chi connectivity index (χ4v) is 3.64. The lowest BCUT2D eigenvalue weighted by Crippen LogP contribution is -2.38. The van der Waals surface area contributed by atoms with Gasteiger partial charge in [-0.25, -0.2) is 4.79 Å². The summed E-state index contributed by atoms with van der Waals surface area (Å²) in [5.41, 5.74) is -0.625. The van der Waals surface area contributed by atoms with Gasteiger partial charge in [-0.3, -0.25) is 14.9 Å². The average molecular weight is 304 g/mol. The van der Waals surface area contributed by atoms with Gasteiger partial charge in [0.15, 0.2) is 0 Å². The highest BCUT2D eigenvalue weighted by Gasteiger charge is 2.40. The third kappa shape index (κ3) is 2.66. The van der Waals surface area contributed by atoms with E-state index in [0.29, 0.717) is 11.8 Å². The molecule has 2 bridgehead atoms. The number of carbonyl (C=O) groups is 2. The van der Waals surface area contributed by atoms with E-state index in [1.807, 2.05) is 0 Å². The van der Waals surface area contributed by atoms with Crippen LogP contribution in [0.1, 0.15) is 46.4 Å². The molecule has 0 heterocycles. The number of fused-ring (bicyclic) bond motifs is 2. The fourth-order valence-electron chi connectivity index (χ4n) is 3.64. The minimum Gasteiger partial charge on any atom is -0.478 e. The molecule has 2 aliphatic carbocycles. The van der Waals surface area contributed by atoms with E-state index in [1.54, 1.807) is 0 Å². The zero-order valence-corrected chi connectivity index (χ0v) is 11.8. The smallest absolute Gasteiger partial charge is 0.335 e. The number of nitrogens with one attached hydrogen (secondary N) is 1. The molecule has 0 aromatic heterocycles. The summed E-state index contributed by atoms with van der Waals surface area (Å²) in [6, 6.07) is 3.35. The van der Waals surface area contributed by atoms with Gasteiger partial charge in [-0.05, 0) is 37.2 Å². The summed E-state index contributed by atoms with van der Waals surface area (Å²) in [4.78, 5) is 33.5. The molecule has 1 aromatic carbocycles. The first-order chi connectivity index (χ1) is 10.4. The van der Waals surface area contributed by atoms with Crippen molar-refractivity contribution in [3.8, 4) is 0 Å². The molecule has 3 atom stereocenters. The molecule has 7 nitrogen and oxygen atoms in total. The topological polar surface area (TPSA) is 110 Å². The van der Waals surface area contributed by atoms with Crippen molar-refractivity contribution >= 4 is 17.6 Å². The molecule has 0 aliphatic heterocycles. The third-order valence-electron chi connectivity index (χ3n) is 4.69. The van der Waals surface area contributed by atoms with Crippen molar-refractivity contribution in [1.29, 1.82) is 0 Å². The first-order valence-corrected chi connectivity index (χ1v) is 7.27. The number of nitro groups is 1. The van der Waals surface area contributed by atoms with Crippen molar-refractivity contribution in [2.24, 2.45) is 11.8 Å². The van der Waals surface area contributed by atoms with Gasteiger partial charge in [0.05, 0.1) is 10.5 Å². The lowest BCUT2D eigenvalue weighted by molar-refractivity contribution is -0.384. The number of benzene rings is 1. The second-order valence-electron chi connectivity index (χ2n) is 6.09. The lowest BCUT2D eigenvalue weighted by Gasteiger charge is -2.22. The Hall–Kier alpha value is -2.44. The number of aromatic carboxylic acids is 1. The van der Waals surface area contributed by atoms with Crippen molar-refractivity contribution in [1.82, 2.24) is 5.32 Å². The first-order valence-electron chi connectivity index (χ1n) is 7.27. The Morgan fingerprint density at radius 3 is 2.45 bits per heavy atom. The van der Waals surface area contributed by atoms with E-state index >= 15 is 0 Å². The monoisotopic (exact) mass is 304 g/mol. The molecule has 3 rings (SSSR count). The zero-order chi connectivity index (χ0) is 15.9. The summed E-state index contributed by atoms with van der Waals surface area (Å²) in [5, 5.41) is 22.8. The molecule has 2 N–H and O–H groups in total. The average Bonchev–Trinajstić information content (AvgIpc) is 3.09. The van der Waals surface area contributed by atoms with E-state index in [9.17, 15) is 19.7 Å². The van der Waals surface area contributed by atoms with Crippen LogP contribution in [0.3, 0.4) is 0 Å². The Morgan fingerprint density at radius 2 is 1.91 bits per heavy atom. The Morgan fingerprint density at radius 1 is 1.18 bits per heavy atom. The molecule has 0 saturated heterocycles. The van der Waals surface area contributed by atoms with Crippen molar-refractivity contribution in [2.45, 2.75) is 31.7 Å². The molecule has 1 amide bonds. The normalized spacial score (nSPS) is 25.9. The maximum Gasteiger partial charge on any atom is 0.335 e. The largest absolute Gasteiger partial charge is 0.478 e. The number of amides is 1. The Kier molecular flexibility index (Phi) is 3.56. The predicted molar refractivity (Wildman–Crippen MR) is 76.8 cm³/mol. The van der Waals surface area contributed by atoms with Crippen LogP contribution in [0.15, 0.2) is 18.2 Å². The zero-order valence-electron chi connectivity index (χ0n) is 11.8. The second kappa shape index (κ2) is 5.40. The summed E-state index contributed by atoms with van der Waals surface area (Å²) < 4.78 is 0. The second-order valence-corrected chi connectivity index (χ2v) is 6.09. The molecular weight excluding hydrogens is 288 g/mol. The van der Waals surface area contributed by atoms with Gasteiger partial charge >= 0.3 is 5.97 Å². The van der Waals surface area contributed by atoms with Gasteiger partial charge in [0, 0.05) is 23.7 Å². The number of nitrogens with zero attached hydrogens (tertiary/aromatic N) is 1. The molecular formula is C15H16N2O5. The van der Waals surface area contributed by atoms with Gasteiger partial charge < -0.3 is 10.4 Å². The fraction of sp³-hybridized carbons (Fsp3) is 0.467. The highest BCUT2D eigenvalue weighted by atomic mass is 16.6. The van der Waals surface area contributed by atoms with Crippen molar-refractivity contribution in [2.75, 3.05) is 0 Å². The molecule has 3 unspecified atom stereocenters. The molecule has 7 heteroatoms. The van der Waals surface area contributed by atoms with Gasteiger partial charge in [-0.1, -0.05) is 6.42 Å². The molecule has 0 spiro atoms. The van der Waals surface area contributed by atoms with E-state index in [-0.39, 0.29) is 17.2 Å². The van der Waals surface area contributed by atoms with Crippen LogP contribution < -0.4 is 5.32 Å². The number of carboxylic acids is 1. The van der Waals surface area contributed by atoms with Gasteiger partial charge in [0.2, 0.25) is 0 Å². The standard InChI is InChI=1S/C15H16N2O5/c18-14(16-13-4-8-1-2-9(13)3-8)10-5-11(15(19)20)7-12(6-10)17(21)22/h5-9,13H,1-4H2,(H,16,18)(H,19,20). The van der Waals surface area contributed by atoms with E-state index in [4.69, 9.17) is 5.11 Å². The molecule has 2 aliphatic rings. The molecule has 2 saturated carbocycles. The number of non-ortho nitro benzene ring substituents is 1. The summed E-state index contributed by atoms with van der Waals surface area (Å²) in [6.45, 7) is 0. The Labute approximate surface area is 126 Å². The minimum atomic E-state index is -1.29. The van der Waals surface area contributed by atoms with Crippen molar-refractivity contribution in [3.63, 3.8) is 0 Å². The number of carboxylic acid groups (broad SMARTS) is 1. The Bertz CT molecular complexity index is 625. The molecule has 116 valence electrons. The van der Waals surface area contributed by atoms with E-state index in [2.05, 4.69) is 5.32 Å². The molecule has 2 fully saturated rings. The van der Waals surface area contributed by atoms with Gasteiger partial charge in [-0.15, -0.1) is 0 Å². The van der Waals surface area contributed by atoms with Gasteiger partial charge in [0.1, 0.15) is 0 Å². The first kappa shape index (κ1) is 14.5. The van der Waals surface area contributed by atoms with Crippen LogP contribution in [0.2, 0.25) is 0 Å². The molecule has 22 heavy (non-hydrogen) atoms. The van der Waals surface area contributed by atoms with Crippen LogP contribution in [-0.4, -0.2) is 27.9 Å². The maximum absolute atomic E-state index is 12.3.